The molecule has 2 aromatic carbocycles. The molecule has 4 nitrogen and oxygen atoms in total. The quantitative estimate of drug-likeness (QED) is 0.545. The number of hydrogen-bond acceptors (Lipinski definition) is 2. The van der Waals surface area contributed by atoms with Crippen LogP contribution < -0.4 is 5.73 Å². The molecule has 1 aliphatic heterocycles. The summed E-state index contributed by atoms with van der Waals surface area (Å²) in [5.41, 5.74) is 4.17. The zero-order valence-corrected chi connectivity index (χ0v) is 18.5. The number of likely N-dealkylation sites (tertiary alicyclic amines) is 1. The highest BCUT2D eigenvalue weighted by atomic mass is 19.4. The molecule has 2 atom stereocenters. The molecule has 0 radical (unpaired) electrons. The zero-order valence-electron chi connectivity index (χ0n) is 18.5. The van der Waals surface area contributed by atoms with Crippen molar-refractivity contribution >= 4 is 6.03 Å². The molecule has 1 aliphatic rings. The molecule has 0 aromatic heterocycles. The summed E-state index contributed by atoms with van der Waals surface area (Å²) in [6.45, 7) is 1.46. The lowest BCUT2D eigenvalue weighted by atomic mass is 9.90. The smallest absolute Gasteiger partial charge is 0.328 e. The first-order valence-corrected chi connectivity index (χ1v) is 10.5. The number of carbonyl (C=O) groups is 1. The maximum Gasteiger partial charge on any atom is 0.416 e. The van der Waals surface area contributed by atoms with Crippen LogP contribution in [0.3, 0.4) is 0 Å². The van der Waals surface area contributed by atoms with Crippen molar-refractivity contribution in [3.63, 3.8) is 0 Å². The molecule has 34 heavy (non-hydrogen) atoms. The maximum absolute atomic E-state index is 13.6. The van der Waals surface area contributed by atoms with Gasteiger partial charge >= 0.3 is 18.4 Å². The molecule has 2 amide bonds. The van der Waals surface area contributed by atoms with Crippen molar-refractivity contribution in [2.45, 2.75) is 50.7 Å². The second-order valence-electron chi connectivity index (χ2n) is 8.55. The molecule has 11 heteroatoms. The Hall–Kier alpha value is -2.82. The topological polar surface area (TPSA) is 49.6 Å². The van der Waals surface area contributed by atoms with Gasteiger partial charge in [-0.2, -0.15) is 26.3 Å². The normalized spacial score (nSPS) is 19.3. The summed E-state index contributed by atoms with van der Waals surface area (Å²) >= 11 is 0. The molecule has 1 fully saturated rings. The number of nitrogens with two attached hydrogens (primary N) is 1. The fourth-order valence-electron chi connectivity index (χ4n) is 4.20. The van der Waals surface area contributed by atoms with Crippen molar-refractivity contribution in [1.82, 2.24) is 9.80 Å². The van der Waals surface area contributed by atoms with E-state index >= 15 is 0 Å². The van der Waals surface area contributed by atoms with Gasteiger partial charge in [0.05, 0.1) is 17.2 Å². The Morgan fingerprint density at radius 3 is 2.18 bits per heavy atom. The molecule has 0 unspecified atom stereocenters. The highest BCUT2D eigenvalue weighted by Gasteiger charge is 2.38. The Kier molecular flexibility index (Phi) is 7.16. The molecule has 0 aliphatic carbocycles. The zero-order chi connectivity index (χ0) is 25.4. The van der Waals surface area contributed by atoms with Crippen LogP contribution >= 0.6 is 0 Å². The van der Waals surface area contributed by atoms with Gasteiger partial charge in [0.2, 0.25) is 0 Å². The number of hydrogen-bond donors (Lipinski definition) is 1. The van der Waals surface area contributed by atoms with Crippen molar-refractivity contribution in [2.24, 2.45) is 5.73 Å². The van der Waals surface area contributed by atoms with Crippen molar-refractivity contribution in [3.05, 3.63) is 70.0 Å². The van der Waals surface area contributed by atoms with Gasteiger partial charge in [-0.1, -0.05) is 6.07 Å². The number of amides is 2. The first-order valence-electron chi connectivity index (χ1n) is 10.5. The number of alkyl halides is 6. The summed E-state index contributed by atoms with van der Waals surface area (Å²) in [7, 11) is 1.30. The fourth-order valence-corrected chi connectivity index (χ4v) is 4.20. The number of carbonyl (C=O) groups excluding carboxylic acids is 1. The van der Waals surface area contributed by atoms with E-state index in [1.165, 1.54) is 24.1 Å². The number of halogens is 7. The molecule has 186 valence electrons. The van der Waals surface area contributed by atoms with Crippen LogP contribution in [-0.4, -0.2) is 35.5 Å². The van der Waals surface area contributed by atoms with Crippen LogP contribution in [0.25, 0.3) is 0 Å². The van der Waals surface area contributed by atoms with Crippen LogP contribution in [0.2, 0.25) is 0 Å². The van der Waals surface area contributed by atoms with Gasteiger partial charge in [0.15, 0.2) is 0 Å². The van der Waals surface area contributed by atoms with Gasteiger partial charge in [0.25, 0.3) is 0 Å². The lowest BCUT2D eigenvalue weighted by Crippen LogP contribution is -2.49. The van der Waals surface area contributed by atoms with E-state index in [-0.39, 0.29) is 24.2 Å². The molecule has 2 N–H and O–H groups in total. The van der Waals surface area contributed by atoms with Crippen LogP contribution in [0, 0.1) is 12.7 Å². The average Bonchev–Trinajstić information content (AvgIpc) is 2.71. The van der Waals surface area contributed by atoms with Crippen LogP contribution in [0.4, 0.5) is 35.5 Å². The number of piperidine rings is 1. The van der Waals surface area contributed by atoms with Gasteiger partial charge in [-0.15, -0.1) is 0 Å². The van der Waals surface area contributed by atoms with Crippen LogP contribution in [0.1, 0.15) is 46.7 Å². The average molecular weight is 491 g/mol. The summed E-state index contributed by atoms with van der Waals surface area (Å²) in [6.07, 6.45) is -9.11. The standard InChI is InChI=1S/C23H24F7N3O/c1-13-7-17(24)3-4-19(13)20-11-18(31)5-6-33(20)21(34)32(2)12-14-8-15(22(25,26)27)10-16(9-14)23(28,29)30/h3-4,7-10,18,20H,5-6,11-12,31H2,1-2H3/t18-,20+/m0/s1. The van der Waals surface area contributed by atoms with Crippen molar-refractivity contribution < 1.29 is 35.5 Å². The first-order chi connectivity index (χ1) is 15.7. The minimum absolute atomic E-state index is 0.0463. The van der Waals surface area contributed by atoms with Crippen molar-refractivity contribution in [2.75, 3.05) is 13.6 Å². The highest BCUT2D eigenvalue weighted by Crippen LogP contribution is 2.37. The number of aryl methyl sites for hydroxylation is 1. The predicted octanol–water partition coefficient (Wildman–Crippen LogP) is 5.89. The van der Waals surface area contributed by atoms with E-state index in [2.05, 4.69) is 0 Å². The monoisotopic (exact) mass is 491 g/mol. The van der Waals surface area contributed by atoms with E-state index < -0.39 is 47.9 Å². The summed E-state index contributed by atoms with van der Waals surface area (Å²) in [5, 5.41) is 0. The molecule has 3 rings (SSSR count). The molecule has 0 bridgehead atoms. The largest absolute Gasteiger partial charge is 0.416 e. The van der Waals surface area contributed by atoms with Crippen molar-refractivity contribution in [3.8, 4) is 0 Å². The van der Waals surface area contributed by atoms with Gasteiger partial charge in [-0.3, -0.25) is 0 Å². The number of rotatable bonds is 3. The number of nitrogens with zero attached hydrogens (tertiary/aromatic N) is 2. The molecule has 1 heterocycles. The van der Waals surface area contributed by atoms with E-state index in [0.717, 1.165) is 4.90 Å². The third-order valence-corrected chi connectivity index (χ3v) is 5.87. The Labute approximate surface area is 192 Å². The Balaban J connectivity index is 1.89. The molecule has 0 saturated carbocycles. The Morgan fingerprint density at radius 1 is 1.06 bits per heavy atom. The lowest BCUT2D eigenvalue weighted by Gasteiger charge is -2.41. The second-order valence-corrected chi connectivity index (χ2v) is 8.55. The molecule has 0 spiro atoms. The van der Waals surface area contributed by atoms with Gasteiger partial charge in [0, 0.05) is 26.2 Å². The number of benzene rings is 2. The summed E-state index contributed by atoms with van der Waals surface area (Å²) < 4.78 is 92.6. The van der Waals surface area contributed by atoms with E-state index in [1.54, 1.807) is 13.0 Å². The van der Waals surface area contributed by atoms with E-state index in [1.807, 2.05) is 0 Å². The van der Waals surface area contributed by atoms with Gasteiger partial charge in [-0.25, -0.2) is 9.18 Å². The van der Waals surface area contributed by atoms with Crippen molar-refractivity contribution in [1.29, 1.82) is 0 Å². The van der Waals surface area contributed by atoms with Gasteiger partial charge in [-0.05, 0) is 66.8 Å². The molecular formula is C23H24F7N3O. The van der Waals surface area contributed by atoms with Crippen LogP contribution in [0.5, 0.6) is 0 Å². The van der Waals surface area contributed by atoms with Crippen LogP contribution in [-0.2, 0) is 18.9 Å². The van der Waals surface area contributed by atoms with Gasteiger partial charge < -0.3 is 15.5 Å². The highest BCUT2D eigenvalue weighted by molar-refractivity contribution is 5.75. The molecule has 2 aromatic rings. The minimum Gasteiger partial charge on any atom is -0.328 e. The summed E-state index contributed by atoms with van der Waals surface area (Å²) in [6, 6.07) is 4.08. The summed E-state index contributed by atoms with van der Waals surface area (Å²) in [4.78, 5) is 15.8. The summed E-state index contributed by atoms with van der Waals surface area (Å²) in [5.74, 6) is -0.443. The predicted molar refractivity (Wildman–Crippen MR) is 111 cm³/mol. The van der Waals surface area contributed by atoms with E-state index in [4.69, 9.17) is 5.73 Å². The molecular weight excluding hydrogens is 467 g/mol. The SMILES string of the molecule is Cc1cc(F)ccc1[C@H]1C[C@@H](N)CCN1C(=O)N(C)Cc1cc(C(F)(F)F)cc(C(F)(F)F)c1. The van der Waals surface area contributed by atoms with Crippen LogP contribution in [0.15, 0.2) is 36.4 Å². The Morgan fingerprint density at radius 2 is 1.65 bits per heavy atom. The third kappa shape index (κ3) is 5.81. The van der Waals surface area contributed by atoms with E-state index in [9.17, 15) is 35.5 Å². The molecule has 1 saturated heterocycles. The lowest BCUT2D eigenvalue weighted by molar-refractivity contribution is -0.143. The number of urea groups is 1. The Bertz CT molecular complexity index is 1020. The second kappa shape index (κ2) is 9.44. The van der Waals surface area contributed by atoms with E-state index in [0.29, 0.717) is 36.1 Å². The fraction of sp³-hybridized carbons (Fsp3) is 0.435. The minimum atomic E-state index is -4.98. The van der Waals surface area contributed by atoms with Gasteiger partial charge in [0.1, 0.15) is 5.82 Å². The maximum atomic E-state index is 13.6. The third-order valence-electron chi connectivity index (χ3n) is 5.87. The first kappa shape index (κ1) is 25.8.